The van der Waals surface area contributed by atoms with E-state index in [-0.39, 0.29) is 5.78 Å². The summed E-state index contributed by atoms with van der Waals surface area (Å²) >= 11 is 3.37. The summed E-state index contributed by atoms with van der Waals surface area (Å²) in [7, 11) is 1.85. The molecule has 0 aliphatic rings. The molecule has 1 aromatic heterocycles. The van der Waals surface area contributed by atoms with Crippen LogP contribution in [0.25, 0.3) is 0 Å². The second kappa shape index (κ2) is 5.27. The number of hydrogen-bond donors (Lipinski definition) is 0. The second-order valence-corrected chi connectivity index (χ2v) is 4.92. The molecular weight excluding hydrogens is 280 g/mol. The third kappa shape index (κ3) is 3.53. The Bertz CT molecular complexity index is 516. The molecule has 1 aromatic carbocycles. The summed E-state index contributed by atoms with van der Waals surface area (Å²) in [5, 5.41) is 4.19. The van der Waals surface area contributed by atoms with Crippen LogP contribution in [0.15, 0.2) is 41.0 Å². The molecule has 4 heteroatoms. The van der Waals surface area contributed by atoms with Crippen molar-refractivity contribution in [2.75, 3.05) is 0 Å². The van der Waals surface area contributed by atoms with Crippen molar-refractivity contribution < 1.29 is 4.79 Å². The molecule has 2 rings (SSSR count). The molecule has 2 aromatic rings. The highest BCUT2D eigenvalue weighted by Gasteiger charge is 2.07. The van der Waals surface area contributed by atoms with E-state index >= 15 is 0 Å². The number of benzene rings is 1. The van der Waals surface area contributed by atoms with Crippen LogP contribution in [0.5, 0.6) is 0 Å². The number of carbonyl (C=O) groups is 1. The highest BCUT2D eigenvalue weighted by atomic mass is 79.9. The summed E-state index contributed by atoms with van der Waals surface area (Å²) in [6, 6.07) is 9.69. The maximum Gasteiger partial charge on any atom is 0.143 e. The van der Waals surface area contributed by atoms with E-state index in [2.05, 4.69) is 21.0 Å². The normalized spacial score (nSPS) is 10.5. The molecule has 1 heterocycles. The minimum Gasteiger partial charge on any atom is -0.299 e. The highest BCUT2D eigenvalue weighted by Crippen LogP contribution is 2.11. The molecule has 0 spiro atoms. The number of Topliss-reactive ketones (excluding diaryl/α,β-unsaturated/α-hetero) is 1. The Morgan fingerprint density at radius 1 is 1.24 bits per heavy atom. The molecule has 0 aliphatic heterocycles. The molecule has 0 fully saturated rings. The Kier molecular flexibility index (Phi) is 3.74. The lowest BCUT2D eigenvalue weighted by Gasteiger charge is -2.00. The Balaban J connectivity index is 1.95. The van der Waals surface area contributed by atoms with E-state index in [9.17, 15) is 4.79 Å². The summed E-state index contributed by atoms with van der Waals surface area (Å²) in [5.74, 6) is 0.186. The highest BCUT2D eigenvalue weighted by molar-refractivity contribution is 9.10. The second-order valence-electron chi connectivity index (χ2n) is 4.00. The van der Waals surface area contributed by atoms with Crippen molar-refractivity contribution in [2.24, 2.45) is 7.05 Å². The molecule has 0 aliphatic carbocycles. The molecule has 0 bridgehead atoms. The quantitative estimate of drug-likeness (QED) is 0.868. The molecule has 88 valence electrons. The standard InChI is InChI=1S/C13H13BrN2O/c1-16-7-6-12(15-16)9-13(17)8-10-2-4-11(14)5-3-10/h2-7H,8-9H2,1H3. The van der Waals surface area contributed by atoms with E-state index in [0.29, 0.717) is 12.8 Å². The minimum atomic E-state index is 0.186. The van der Waals surface area contributed by atoms with Gasteiger partial charge in [-0.1, -0.05) is 28.1 Å². The fourth-order valence-corrected chi connectivity index (χ4v) is 1.92. The Morgan fingerprint density at radius 3 is 2.53 bits per heavy atom. The van der Waals surface area contributed by atoms with Gasteiger partial charge >= 0.3 is 0 Å². The van der Waals surface area contributed by atoms with Crippen molar-refractivity contribution in [2.45, 2.75) is 12.8 Å². The van der Waals surface area contributed by atoms with Crippen molar-refractivity contribution in [1.82, 2.24) is 9.78 Å². The van der Waals surface area contributed by atoms with Crippen molar-refractivity contribution in [3.63, 3.8) is 0 Å². The zero-order chi connectivity index (χ0) is 12.3. The van der Waals surface area contributed by atoms with E-state index in [0.717, 1.165) is 15.7 Å². The Hall–Kier alpha value is -1.42. The molecule has 0 amide bonds. The predicted octanol–water partition coefficient (Wildman–Crippen LogP) is 2.54. The first-order chi connectivity index (χ1) is 8.13. The topological polar surface area (TPSA) is 34.9 Å². The van der Waals surface area contributed by atoms with Gasteiger partial charge in [-0.3, -0.25) is 9.48 Å². The van der Waals surface area contributed by atoms with Gasteiger partial charge in [0, 0.05) is 24.1 Å². The maximum absolute atomic E-state index is 11.8. The van der Waals surface area contributed by atoms with Gasteiger partial charge in [-0.05, 0) is 23.8 Å². The maximum atomic E-state index is 11.8. The van der Waals surface area contributed by atoms with E-state index in [1.54, 1.807) is 4.68 Å². The zero-order valence-electron chi connectivity index (χ0n) is 9.56. The number of hydrogen-bond acceptors (Lipinski definition) is 2. The third-order valence-electron chi connectivity index (χ3n) is 2.46. The number of rotatable bonds is 4. The van der Waals surface area contributed by atoms with Crippen LogP contribution in [0.3, 0.4) is 0 Å². The average Bonchev–Trinajstić information content (AvgIpc) is 2.67. The molecule has 0 saturated heterocycles. The van der Waals surface area contributed by atoms with Crippen LogP contribution in [0.1, 0.15) is 11.3 Å². The van der Waals surface area contributed by atoms with Gasteiger partial charge in [0.25, 0.3) is 0 Å². The lowest BCUT2D eigenvalue weighted by molar-refractivity contribution is -0.117. The number of ketones is 1. The van der Waals surface area contributed by atoms with Crippen LogP contribution >= 0.6 is 15.9 Å². The first-order valence-corrected chi connectivity index (χ1v) is 6.17. The van der Waals surface area contributed by atoms with Crippen LogP contribution in [0.2, 0.25) is 0 Å². The lowest BCUT2D eigenvalue weighted by Crippen LogP contribution is -2.07. The minimum absolute atomic E-state index is 0.186. The van der Waals surface area contributed by atoms with Gasteiger partial charge in [-0.15, -0.1) is 0 Å². The van der Waals surface area contributed by atoms with Gasteiger partial charge < -0.3 is 0 Å². The molecule has 3 nitrogen and oxygen atoms in total. The number of carbonyl (C=O) groups excluding carboxylic acids is 1. The van der Waals surface area contributed by atoms with Crippen molar-refractivity contribution >= 4 is 21.7 Å². The third-order valence-corrected chi connectivity index (χ3v) is 2.99. The van der Waals surface area contributed by atoms with E-state index in [4.69, 9.17) is 0 Å². The summed E-state index contributed by atoms with van der Waals surface area (Å²) in [6.45, 7) is 0. The van der Waals surface area contributed by atoms with Crippen LogP contribution in [0, 0.1) is 0 Å². The summed E-state index contributed by atoms with van der Waals surface area (Å²) in [6.07, 6.45) is 2.71. The monoisotopic (exact) mass is 292 g/mol. The summed E-state index contributed by atoms with van der Waals surface area (Å²) < 4.78 is 2.74. The Labute approximate surface area is 109 Å². The van der Waals surface area contributed by atoms with Crippen LogP contribution in [-0.4, -0.2) is 15.6 Å². The largest absolute Gasteiger partial charge is 0.299 e. The smallest absolute Gasteiger partial charge is 0.143 e. The fourth-order valence-electron chi connectivity index (χ4n) is 1.65. The molecule has 0 radical (unpaired) electrons. The van der Waals surface area contributed by atoms with Gasteiger partial charge in [0.2, 0.25) is 0 Å². The predicted molar refractivity (Wildman–Crippen MR) is 69.8 cm³/mol. The van der Waals surface area contributed by atoms with E-state index < -0.39 is 0 Å². The number of aromatic nitrogens is 2. The average molecular weight is 293 g/mol. The summed E-state index contributed by atoms with van der Waals surface area (Å²) in [5.41, 5.74) is 1.86. The van der Waals surface area contributed by atoms with Crippen molar-refractivity contribution in [1.29, 1.82) is 0 Å². The van der Waals surface area contributed by atoms with E-state index in [1.165, 1.54) is 0 Å². The lowest BCUT2D eigenvalue weighted by atomic mass is 10.1. The van der Waals surface area contributed by atoms with Crippen LogP contribution in [0.4, 0.5) is 0 Å². The first kappa shape index (κ1) is 12.0. The van der Waals surface area contributed by atoms with Gasteiger partial charge in [-0.2, -0.15) is 5.10 Å². The molecule has 0 saturated carbocycles. The number of halogens is 1. The van der Waals surface area contributed by atoms with Crippen molar-refractivity contribution in [3.8, 4) is 0 Å². The molecule has 17 heavy (non-hydrogen) atoms. The van der Waals surface area contributed by atoms with Gasteiger partial charge in [0.1, 0.15) is 5.78 Å². The summed E-state index contributed by atoms with van der Waals surface area (Å²) in [4.78, 5) is 11.8. The fraction of sp³-hybridized carbons (Fsp3) is 0.231. The molecule has 0 N–H and O–H groups in total. The van der Waals surface area contributed by atoms with Gasteiger partial charge in [0.05, 0.1) is 12.1 Å². The van der Waals surface area contributed by atoms with Gasteiger partial charge in [0.15, 0.2) is 0 Å². The molecule has 0 atom stereocenters. The first-order valence-electron chi connectivity index (χ1n) is 5.38. The molecule has 0 unspecified atom stereocenters. The SMILES string of the molecule is Cn1ccc(CC(=O)Cc2ccc(Br)cc2)n1. The Morgan fingerprint density at radius 2 is 1.94 bits per heavy atom. The molecular formula is C13H13BrN2O. The van der Waals surface area contributed by atoms with Crippen LogP contribution < -0.4 is 0 Å². The number of aryl methyl sites for hydroxylation is 1. The van der Waals surface area contributed by atoms with E-state index in [1.807, 2.05) is 43.6 Å². The van der Waals surface area contributed by atoms with Gasteiger partial charge in [-0.25, -0.2) is 0 Å². The van der Waals surface area contributed by atoms with Crippen LogP contribution in [-0.2, 0) is 24.7 Å². The number of nitrogens with zero attached hydrogens (tertiary/aromatic N) is 2. The van der Waals surface area contributed by atoms with Crippen molar-refractivity contribution in [3.05, 3.63) is 52.3 Å². The zero-order valence-corrected chi connectivity index (χ0v) is 11.1.